The van der Waals surface area contributed by atoms with Crippen LogP contribution < -0.4 is 15.4 Å². The van der Waals surface area contributed by atoms with Gasteiger partial charge in [0.2, 0.25) is 5.91 Å². The largest absolute Gasteiger partial charge is 0.484 e. The molecule has 1 atom stereocenters. The minimum atomic E-state index is -1.11. The van der Waals surface area contributed by atoms with E-state index in [4.69, 9.17) is 16.3 Å². The lowest BCUT2D eigenvalue weighted by molar-refractivity contribution is -0.129. The second-order valence-electron chi connectivity index (χ2n) is 6.60. The van der Waals surface area contributed by atoms with E-state index in [1.807, 2.05) is 30.3 Å². The summed E-state index contributed by atoms with van der Waals surface area (Å²) in [5.41, 5.74) is 1.42. The summed E-state index contributed by atoms with van der Waals surface area (Å²) in [4.78, 5) is 23.8. The van der Waals surface area contributed by atoms with Crippen molar-refractivity contribution in [3.63, 3.8) is 0 Å². The van der Waals surface area contributed by atoms with Crippen molar-refractivity contribution in [1.29, 1.82) is 0 Å². The molecule has 0 aromatic heterocycles. The Morgan fingerprint density at radius 3 is 2.63 bits per heavy atom. The predicted molar refractivity (Wildman–Crippen MR) is 113 cm³/mol. The molecule has 0 radical (unpaired) electrons. The molecule has 2 amide bonds. The monoisotopic (exact) mass is 434 g/mol. The average molecular weight is 435 g/mol. The Morgan fingerprint density at radius 1 is 1.20 bits per heavy atom. The highest BCUT2D eigenvalue weighted by Gasteiger charge is 2.14. The first kappa shape index (κ1) is 23.4. The van der Waals surface area contributed by atoms with Crippen LogP contribution in [-0.4, -0.2) is 36.2 Å². The summed E-state index contributed by atoms with van der Waals surface area (Å²) < 4.78 is 18.5. The van der Waals surface area contributed by atoms with Gasteiger partial charge < -0.3 is 20.5 Å². The third-order valence-corrected chi connectivity index (χ3v) is 4.46. The highest BCUT2D eigenvalue weighted by atomic mass is 35.5. The molecule has 8 heteroatoms. The molecule has 2 aromatic rings. The molecule has 0 spiro atoms. The van der Waals surface area contributed by atoms with Crippen LogP contribution in [0.3, 0.4) is 0 Å². The number of nitrogens with one attached hydrogen (secondary N) is 2. The van der Waals surface area contributed by atoms with Crippen LogP contribution in [0.5, 0.6) is 5.75 Å². The zero-order valence-corrected chi connectivity index (χ0v) is 17.1. The van der Waals surface area contributed by atoms with Gasteiger partial charge >= 0.3 is 0 Å². The summed E-state index contributed by atoms with van der Waals surface area (Å²) in [5, 5.41) is 15.1. The van der Waals surface area contributed by atoms with Crippen LogP contribution in [0.1, 0.15) is 18.4 Å². The third kappa shape index (κ3) is 8.23. The number of hydrogen-bond donors (Lipinski definition) is 3. The molecule has 2 rings (SSSR count). The van der Waals surface area contributed by atoms with Gasteiger partial charge in [0, 0.05) is 24.7 Å². The molecule has 0 aliphatic rings. The van der Waals surface area contributed by atoms with Crippen molar-refractivity contribution >= 4 is 23.4 Å². The molecular formula is C22H24ClFN2O4. The highest BCUT2D eigenvalue weighted by molar-refractivity contribution is 6.30. The molecule has 0 fully saturated rings. The molecule has 3 N–H and O–H groups in total. The minimum Gasteiger partial charge on any atom is -0.484 e. The summed E-state index contributed by atoms with van der Waals surface area (Å²) in [5.74, 6) is -1.40. The standard InChI is InChI=1S/C22H24ClFN2O4/c1-15(26-21(28)14-30-17-8-9-18(23)19(24)13-17)11-12-25-22(29)20(27)10-7-16-5-3-2-4-6-16/h2-6,8-9,13,20,27H,1,7,10-12,14H2,(H,25,29)(H,26,28)/t20-/m1/s1. The number of rotatable bonds is 11. The molecular weight excluding hydrogens is 411 g/mol. The minimum absolute atomic E-state index is 0.0348. The molecule has 0 bridgehead atoms. The molecule has 0 heterocycles. The summed E-state index contributed by atoms with van der Waals surface area (Å²) >= 11 is 5.58. The number of ether oxygens (including phenoxy) is 1. The Kier molecular flexibility index (Phi) is 9.31. The van der Waals surface area contributed by atoms with Crippen molar-refractivity contribution in [2.75, 3.05) is 13.2 Å². The predicted octanol–water partition coefficient (Wildman–Crippen LogP) is 2.99. The zero-order valence-electron chi connectivity index (χ0n) is 16.4. The van der Waals surface area contributed by atoms with E-state index in [2.05, 4.69) is 17.2 Å². The first-order valence-corrected chi connectivity index (χ1v) is 9.78. The molecule has 2 aromatic carbocycles. The van der Waals surface area contributed by atoms with Crippen molar-refractivity contribution in [1.82, 2.24) is 10.6 Å². The molecule has 160 valence electrons. The fourth-order valence-corrected chi connectivity index (χ4v) is 2.66. The lowest BCUT2D eigenvalue weighted by Gasteiger charge is -2.13. The Balaban J connectivity index is 1.61. The van der Waals surface area contributed by atoms with Gasteiger partial charge in [0.15, 0.2) is 6.61 Å². The first-order chi connectivity index (χ1) is 14.3. The van der Waals surface area contributed by atoms with Gasteiger partial charge in [0.25, 0.3) is 5.91 Å². The van der Waals surface area contributed by atoms with Crippen LogP contribution in [-0.2, 0) is 16.0 Å². The number of carbonyl (C=O) groups is 2. The highest BCUT2D eigenvalue weighted by Crippen LogP contribution is 2.20. The topological polar surface area (TPSA) is 87.7 Å². The molecule has 0 aliphatic carbocycles. The lowest BCUT2D eigenvalue weighted by Crippen LogP contribution is -2.36. The van der Waals surface area contributed by atoms with Crippen molar-refractivity contribution in [3.05, 3.63) is 77.2 Å². The van der Waals surface area contributed by atoms with E-state index in [9.17, 15) is 19.1 Å². The summed E-state index contributed by atoms with van der Waals surface area (Å²) in [6, 6.07) is 13.5. The van der Waals surface area contributed by atoms with Crippen LogP contribution in [0.25, 0.3) is 0 Å². The third-order valence-electron chi connectivity index (χ3n) is 4.16. The van der Waals surface area contributed by atoms with Gasteiger partial charge in [0.1, 0.15) is 17.7 Å². The second kappa shape index (κ2) is 11.9. The fraction of sp³-hybridized carbons (Fsp3) is 0.273. The Bertz CT molecular complexity index is 877. The average Bonchev–Trinajstić information content (AvgIpc) is 2.73. The van der Waals surface area contributed by atoms with Crippen LogP contribution in [0.4, 0.5) is 4.39 Å². The summed E-state index contributed by atoms with van der Waals surface area (Å²) in [6.45, 7) is 3.60. The number of aryl methyl sites for hydroxylation is 1. The number of aliphatic hydroxyl groups is 1. The molecule has 0 saturated heterocycles. The van der Waals surface area contributed by atoms with E-state index in [1.54, 1.807) is 0 Å². The van der Waals surface area contributed by atoms with Gasteiger partial charge in [-0.25, -0.2) is 4.39 Å². The maximum atomic E-state index is 13.3. The Hall–Kier alpha value is -2.90. The van der Waals surface area contributed by atoms with Gasteiger partial charge in [-0.2, -0.15) is 0 Å². The van der Waals surface area contributed by atoms with E-state index >= 15 is 0 Å². The van der Waals surface area contributed by atoms with Gasteiger partial charge in [-0.1, -0.05) is 48.5 Å². The quantitative estimate of drug-likeness (QED) is 0.507. The van der Waals surface area contributed by atoms with Gasteiger partial charge in [0.05, 0.1) is 5.02 Å². The van der Waals surface area contributed by atoms with E-state index < -0.39 is 23.7 Å². The van der Waals surface area contributed by atoms with Gasteiger partial charge in [-0.3, -0.25) is 9.59 Å². The number of carbonyl (C=O) groups excluding carboxylic acids is 2. The molecule has 30 heavy (non-hydrogen) atoms. The van der Waals surface area contributed by atoms with Crippen LogP contribution in [0.2, 0.25) is 5.02 Å². The van der Waals surface area contributed by atoms with E-state index in [-0.39, 0.29) is 23.9 Å². The maximum absolute atomic E-state index is 13.3. The van der Waals surface area contributed by atoms with Crippen LogP contribution in [0, 0.1) is 5.82 Å². The molecule has 0 aliphatic heterocycles. The second-order valence-corrected chi connectivity index (χ2v) is 7.00. The number of aliphatic hydroxyl groups excluding tert-OH is 1. The van der Waals surface area contributed by atoms with E-state index in [1.165, 1.54) is 12.1 Å². The zero-order chi connectivity index (χ0) is 21.9. The molecule has 0 saturated carbocycles. The van der Waals surface area contributed by atoms with Crippen LogP contribution in [0.15, 0.2) is 60.8 Å². The van der Waals surface area contributed by atoms with Crippen molar-refractivity contribution in [3.8, 4) is 5.75 Å². The number of benzene rings is 2. The fourth-order valence-electron chi connectivity index (χ4n) is 2.54. The first-order valence-electron chi connectivity index (χ1n) is 9.40. The molecule has 6 nitrogen and oxygen atoms in total. The number of hydrogen-bond acceptors (Lipinski definition) is 4. The van der Waals surface area contributed by atoms with E-state index in [0.717, 1.165) is 11.6 Å². The summed E-state index contributed by atoms with van der Waals surface area (Å²) in [7, 11) is 0. The van der Waals surface area contributed by atoms with Gasteiger partial charge in [-0.15, -0.1) is 0 Å². The normalized spacial score (nSPS) is 11.4. The van der Waals surface area contributed by atoms with E-state index in [0.29, 0.717) is 25.0 Å². The Morgan fingerprint density at radius 2 is 1.93 bits per heavy atom. The summed E-state index contributed by atoms with van der Waals surface area (Å²) in [6.07, 6.45) is 0.0888. The van der Waals surface area contributed by atoms with Crippen molar-refractivity contribution < 1.29 is 23.8 Å². The lowest BCUT2D eigenvalue weighted by atomic mass is 10.1. The maximum Gasteiger partial charge on any atom is 0.262 e. The molecule has 0 unspecified atom stereocenters. The van der Waals surface area contributed by atoms with Crippen LogP contribution >= 0.6 is 11.6 Å². The number of amides is 2. The Labute approximate surface area is 179 Å². The van der Waals surface area contributed by atoms with Crippen molar-refractivity contribution in [2.45, 2.75) is 25.4 Å². The van der Waals surface area contributed by atoms with Crippen molar-refractivity contribution in [2.24, 2.45) is 0 Å². The number of halogens is 2. The smallest absolute Gasteiger partial charge is 0.262 e. The SMILES string of the molecule is C=C(CCNC(=O)[C@H](O)CCc1ccccc1)NC(=O)COc1ccc(Cl)c(F)c1. The van der Waals surface area contributed by atoms with Gasteiger partial charge in [-0.05, 0) is 30.5 Å².